The van der Waals surface area contributed by atoms with E-state index in [4.69, 9.17) is 21.1 Å². The number of methoxy groups -OCH3 is 1. The molecule has 1 aliphatic rings. The van der Waals surface area contributed by atoms with Crippen LogP contribution in [0.2, 0.25) is 5.02 Å². The van der Waals surface area contributed by atoms with Crippen LogP contribution in [-0.4, -0.2) is 16.9 Å². The van der Waals surface area contributed by atoms with Gasteiger partial charge >= 0.3 is 6.18 Å². The Morgan fingerprint density at radius 1 is 1.03 bits per heavy atom. The zero-order valence-electron chi connectivity index (χ0n) is 17.9. The number of nitrogens with one attached hydrogen (secondary N) is 1. The number of hydrogen-bond donors (Lipinski definition) is 1. The van der Waals surface area contributed by atoms with E-state index in [9.17, 15) is 13.2 Å². The molecule has 3 aromatic carbocycles. The lowest BCUT2D eigenvalue weighted by atomic mass is 10.0. The zero-order chi connectivity index (χ0) is 23.9. The minimum Gasteiger partial charge on any atom is -0.493 e. The van der Waals surface area contributed by atoms with E-state index in [0.29, 0.717) is 22.1 Å². The fraction of sp³-hybridized carbons (Fsp3) is 0.160. The van der Waals surface area contributed by atoms with E-state index in [1.807, 2.05) is 41.1 Å². The number of anilines is 1. The van der Waals surface area contributed by atoms with Crippen molar-refractivity contribution in [3.63, 3.8) is 0 Å². The van der Waals surface area contributed by atoms with Crippen LogP contribution < -0.4 is 14.8 Å². The highest BCUT2D eigenvalue weighted by atomic mass is 35.5. The average Bonchev–Trinajstić information content (AvgIpc) is 3.32. The molecule has 1 N–H and O–H groups in total. The highest BCUT2D eigenvalue weighted by Gasteiger charge is 2.30. The molecule has 5 nitrogen and oxygen atoms in total. The van der Waals surface area contributed by atoms with E-state index in [0.717, 1.165) is 34.6 Å². The molecule has 0 amide bonds. The fourth-order valence-corrected chi connectivity index (χ4v) is 4.17. The van der Waals surface area contributed by atoms with Gasteiger partial charge in [-0.15, -0.1) is 0 Å². The van der Waals surface area contributed by atoms with Crippen molar-refractivity contribution in [3.8, 4) is 22.8 Å². The quantitative estimate of drug-likeness (QED) is 0.338. The third-order valence-electron chi connectivity index (χ3n) is 5.62. The van der Waals surface area contributed by atoms with Gasteiger partial charge in [-0.05, 0) is 54.1 Å². The normalized spacial score (nSPS) is 14.7. The molecule has 34 heavy (non-hydrogen) atoms. The van der Waals surface area contributed by atoms with Crippen molar-refractivity contribution in [3.05, 3.63) is 94.6 Å². The molecular weight excluding hydrogens is 467 g/mol. The second-order valence-electron chi connectivity index (χ2n) is 7.79. The third kappa shape index (κ3) is 4.17. The van der Waals surface area contributed by atoms with E-state index >= 15 is 0 Å². The van der Waals surface area contributed by atoms with Gasteiger partial charge < -0.3 is 14.8 Å². The van der Waals surface area contributed by atoms with E-state index in [1.54, 1.807) is 18.3 Å². The SMILES string of the molecule is COc1cc([C@@H]2Nc3cc(Cl)ccc3-c3ccnn32)ccc1OCc1cccc(C(F)(F)F)c1. The molecule has 174 valence electrons. The Balaban J connectivity index is 1.41. The molecule has 0 bridgehead atoms. The van der Waals surface area contributed by atoms with E-state index in [-0.39, 0.29) is 12.8 Å². The summed E-state index contributed by atoms with van der Waals surface area (Å²) in [6.45, 7) is -0.0313. The Kier molecular flexibility index (Phi) is 5.61. The molecule has 0 saturated carbocycles. The van der Waals surface area contributed by atoms with Gasteiger partial charge in [0.15, 0.2) is 11.5 Å². The largest absolute Gasteiger partial charge is 0.493 e. The van der Waals surface area contributed by atoms with Crippen LogP contribution in [0.25, 0.3) is 11.3 Å². The number of nitrogens with zero attached hydrogens (tertiary/aromatic N) is 2. The summed E-state index contributed by atoms with van der Waals surface area (Å²) >= 11 is 6.20. The zero-order valence-corrected chi connectivity index (χ0v) is 18.7. The number of hydrogen-bond acceptors (Lipinski definition) is 4. The molecule has 4 aromatic rings. The summed E-state index contributed by atoms with van der Waals surface area (Å²) < 4.78 is 52.1. The summed E-state index contributed by atoms with van der Waals surface area (Å²) in [6, 6.07) is 18.1. The van der Waals surface area contributed by atoms with E-state index < -0.39 is 11.7 Å². The van der Waals surface area contributed by atoms with Gasteiger partial charge in [-0.1, -0.05) is 29.8 Å². The topological polar surface area (TPSA) is 48.3 Å². The van der Waals surface area contributed by atoms with Crippen LogP contribution in [0.3, 0.4) is 0 Å². The molecule has 0 unspecified atom stereocenters. The number of fused-ring (bicyclic) bond motifs is 3. The number of aromatic nitrogens is 2. The molecule has 0 aliphatic carbocycles. The Morgan fingerprint density at radius 2 is 1.88 bits per heavy atom. The van der Waals surface area contributed by atoms with Gasteiger partial charge in [0.1, 0.15) is 12.8 Å². The van der Waals surface area contributed by atoms with Crippen molar-refractivity contribution >= 4 is 17.3 Å². The predicted molar refractivity (Wildman–Crippen MR) is 123 cm³/mol. The molecular formula is C25H19ClF3N3O2. The smallest absolute Gasteiger partial charge is 0.416 e. The van der Waals surface area contributed by atoms with Crippen molar-refractivity contribution in [1.29, 1.82) is 0 Å². The van der Waals surface area contributed by atoms with Crippen molar-refractivity contribution in [1.82, 2.24) is 9.78 Å². The van der Waals surface area contributed by atoms with Gasteiger partial charge in [0.05, 0.1) is 18.4 Å². The molecule has 5 rings (SSSR count). The monoisotopic (exact) mass is 485 g/mol. The van der Waals surface area contributed by atoms with Gasteiger partial charge in [0.2, 0.25) is 0 Å². The minimum absolute atomic E-state index is 0.0313. The molecule has 0 spiro atoms. The van der Waals surface area contributed by atoms with Crippen molar-refractivity contribution in [2.75, 3.05) is 12.4 Å². The molecule has 1 aromatic heterocycles. The van der Waals surface area contributed by atoms with Gasteiger partial charge in [0.25, 0.3) is 0 Å². The summed E-state index contributed by atoms with van der Waals surface area (Å²) in [6.07, 6.45) is -2.99. The minimum atomic E-state index is -4.41. The van der Waals surface area contributed by atoms with Crippen molar-refractivity contribution in [2.24, 2.45) is 0 Å². The molecule has 0 radical (unpaired) electrons. The predicted octanol–water partition coefficient (Wildman–Crippen LogP) is 6.78. The maximum absolute atomic E-state index is 13.0. The maximum Gasteiger partial charge on any atom is 0.416 e. The van der Waals surface area contributed by atoms with Crippen LogP contribution in [0, 0.1) is 0 Å². The average molecular weight is 486 g/mol. The second kappa shape index (κ2) is 8.61. The van der Waals surface area contributed by atoms with Crippen LogP contribution in [0.15, 0.2) is 72.9 Å². The number of alkyl halides is 3. The fourth-order valence-electron chi connectivity index (χ4n) is 4.00. The summed E-state index contributed by atoms with van der Waals surface area (Å²) in [4.78, 5) is 0. The highest BCUT2D eigenvalue weighted by molar-refractivity contribution is 6.31. The summed E-state index contributed by atoms with van der Waals surface area (Å²) in [5, 5.41) is 8.55. The van der Waals surface area contributed by atoms with Crippen molar-refractivity contribution < 1.29 is 22.6 Å². The summed E-state index contributed by atoms with van der Waals surface area (Å²) in [5.74, 6) is 0.875. The first-order valence-corrected chi connectivity index (χ1v) is 10.8. The lowest BCUT2D eigenvalue weighted by Gasteiger charge is -2.29. The Bertz CT molecular complexity index is 1350. The summed E-state index contributed by atoms with van der Waals surface area (Å²) in [5.41, 5.74) is 3.37. The second-order valence-corrected chi connectivity index (χ2v) is 8.23. The Morgan fingerprint density at radius 3 is 2.68 bits per heavy atom. The first-order chi connectivity index (χ1) is 16.3. The lowest BCUT2D eigenvalue weighted by Crippen LogP contribution is -2.25. The van der Waals surface area contributed by atoms with Gasteiger partial charge in [-0.2, -0.15) is 18.3 Å². The van der Waals surface area contributed by atoms with E-state index in [2.05, 4.69) is 10.4 Å². The number of ether oxygens (including phenoxy) is 2. The van der Waals surface area contributed by atoms with Gasteiger partial charge in [-0.25, -0.2) is 4.68 Å². The van der Waals surface area contributed by atoms with Crippen molar-refractivity contribution in [2.45, 2.75) is 18.9 Å². The number of halogens is 4. The van der Waals surface area contributed by atoms with Gasteiger partial charge in [0, 0.05) is 28.0 Å². The Hall–Kier alpha value is -3.65. The first-order valence-electron chi connectivity index (χ1n) is 10.4. The van der Waals surface area contributed by atoms with Crippen LogP contribution in [0.5, 0.6) is 11.5 Å². The third-order valence-corrected chi connectivity index (χ3v) is 5.85. The number of rotatable bonds is 5. The molecule has 0 saturated heterocycles. The first kappa shape index (κ1) is 22.2. The molecule has 1 aliphatic heterocycles. The lowest BCUT2D eigenvalue weighted by molar-refractivity contribution is -0.137. The number of benzene rings is 3. The van der Waals surface area contributed by atoms with E-state index in [1.165, 1.54) is 13.2 Å². The van der Waals surface area contributed by atoms with Crippen LogP contribution in [-0.2, 0) is 12.8 Å². The molecule has 0 fully saturated rings. The molecule has 1 atom stereocenters. The maximum atomic E-state index is 13.0. The Labute approximate surface area is 198 Å². The molecule has 9 heteroatoms. The standard InChI is InChI=1S/C25H19ClF3N3O2/c1-33-23-12-16(5-8-22(23)34-14-15-3-2-4-17(11-15)25(27,28)29)24-31-20-13-18(26)6-7-19(20)21-9-10-30-32(21)24/h2-13,24,31H,14H2,1H3/t24-/m1/s1. The highest BCUT2D eigenvalue weighted by Crippen LogP contribution is 2.41. The molecule has 2 heterocycles. The van der Waals surface area contributed by atoms with Crippen LogP contribution in [0.4, 0.5) is 18.9 Å². The van der Waals surface area contributed by atoms with Crippen LogP contribution in [0.1, 0.15) is 22.9 Å². The summed E-state index contributed by atoms with van der Waals surface area (Å²) in [7, 11) is 1.51. The van der Waals surface area contributed by atoms with Crippen LogP contribution >= 0.6 is 11.6 Å². The van der Waals surface area contributed by atoms with Gasteiger partial charge in [-0.3, -0.25) is 0 Å².